The van der Waals surface area contributed by atoms with E-state index >= 15 is 0 Å². The Balaban J connectivity index is 2.39. The molecular weight excluding hydrogens is 208 g/mol. The van der Waals surface area contributed by atoms with Crippen LogP contribution < -0.4 is 16.4 Å². The molecule has 0 radical (unpaired) electrons. The number of carbonyl (C=O) groups excluding carboxylic acids is 2. The molecule has 16 heavy (non-hydrogen) atoms. The van der Waals surface area contributed by atoms with E-state index in [0.29, 0.717) is 5.69 Å². The van der Waals surface area contributed by atoms with Gasteiger partial charge in [-0.1, -0.05) is 0 Å². The maximum atomic E-state index is 11.4. The number of carbonyl (C=O) groups is 2. The monoisotopic (exact) mass is 222 g/mol. The molecule has 0 aliphatic heterocycles. The largest absolute Gasteiger partial charge is 0.370 e. The molecule has 0 fully saturated rings. The lowest BCUT2D eigenvalue weighted by Gasteiger charge is -2.12. The fourth-order valence-corrected chi connectivity index (χ4v) is 1.18. The van der Waals surface area contributed by atoms with Crippen LogP contribution in [-0.4, -0.2) is 23.0 Å². The van der Waals surface area contributed by atoms with E-state index in [2.05, 4.69) is 15.6 Å². The maximum absolute atomic E-state index is 11.4. The third-order valence-corrected chi connectivity index (χ3v) is 1.80. The van der Waals surface area contributed by atoms with Crippen LogP contribution in [0.15, 0.2) is 24.5 Å². The summed E-state index contributed by atoms with van der Waals surface area (Å²) in [4.78, 5) is 25.8. The molecule has 3 amide bonds. The Morgan fingerprint density at radius 3 is 2.88 bits per heavy atom. The number of rotatable bonds is 4. The zero-order chi connectivity index (χ0) is 12.0. The second kappa shape index (κ2) is 5.69. The van der Waals surface area contributed by atoms with Crippen molar-refractivity contribution in [1.82, 2.24) is 10.3 Å². The minimum absolute atomic E-state index is 0.112. The van der Waals surface area contributed by atoms with Gasteiger partial charge in [-0.15, -0.1) is 0 Å². The molecule has 6 nitrogen and oxygen atoms in total. The highest BCUT2D eigenvalue weighted by Crippen LogP contribution is 2.02. The third-order valence-electron chi connectivity index (χ3n) is 1.80. The minimum atomic E-state index is -0.450. The van der Waals surface area contributed by atoms with E-state index < -0.39 is 5.91 Å². The van der Waals surface area contributed by atoms with E-state index in [4.69, 9.17) is 5.73 Å². The Kier molecular flexibility index (Phi) is 4.26. The molecule has 1 atom stereocenters. The second-order valence-corrected chi connectivity index (χ2v) is 3.41. The molecule has 6 heteroatoms. The quantitative estimate of drug-likeness (QED) is 0.690. The number of pyridine rings is 1. The van der Waals surface area contributed by atoms with Crippen molar-refractivity contribution in [3.8, 4) is 0 Å². The Morgan fingerprint density at radius 1 is 1.56 bits per heavy atom. The fraction of sp³-hybridized carbons (Fsp3) is 0.300. The second-order valence-electron chi connectivity index (χ2n) is 3.41. The Hall–Kier alpha value is -2.11. The average Bonchev–Trinajstić information content (AvgIpc) is 2.17. The van der Waals surface area contributed by atoms with Crippen molar-refractivity contribution >= 4 is 17.6 Å². The number of aromatic nitrogens is 1. The van der Waals surface area contributed by atoms with Crippen LogP contribution in [0.2, 0.25) is 0 Å². The first-order valence-corrected chi connectivity index (χ1v) is 4.84. The summed E-state index contributed by atoms with van der Waals surface area (Å²) in [6.45, 7) is 1.70. The molecule has 0 spiro atoms. The summed E-state index contributed by atoms with van der Waals surface area (Å²) in [5.41, 5.74) is 5.59. The normalized spacial score (nSPS) is 11.6. The Morgan fingerprint density at radius 2 is 2.31 bits per heavy atom. The van der Waals surface area contributed by atoms with Crippen LogP contribution in [-0.2, 0) is 4.79 Å². The lowest BCUT2D eigenvalue weighted by Crippen LogP contribution is -2.38. The van der Waals surface area contributed by atoms with Crippen LogP contribution in [0, 0.1) is 0 Å². The molecule has 1 aromatic rings. The maximum Gasteiger partial charge on any atom is 0.319 e. The lowest BCUT2D eigenvalue weighted by molar-refractivity contribution is -0.118. The van der Waals surface area contributed by atoms with Gasteiger partial charge >= 0.3 is 6.03 Å². The molecule has 4 N–H and O–H groups in total. The summed E-state index contributed by atoms with van der Waals surface area (Å²) in [6, 6.07) is 2.74. The van der Waals surface area contributed by atoms with Crippen LogP contribution in [0.3, 0.4) is 0 Å². The molecule has 0 saturated heterocycles. The summed E-state index contributed by atoms with van der Waals surface area (Å²) in [7, 11) is 0. The topological polar surface area (TPSA) is 97.1 Å². The fourth-order valence-electron chi connectivity index (χ4n) is 1.18. The van der Waals surface area contributed by atoms with Gasteiger partial charge in [0.25, 0.3) is 0 Å². The van der Waals surface area contributed by atoms with Crippen molar-refractivity contribution < 1.29 is 9.59 Å². The summed E-state index contributed by atoms with van der Waals surface area (Å²) < 4.78 is 0. The zero-order valence-electron chi connectivity index (χ0n) is 8.93. The van der Waals surface area contributed by atoms with E-state index in [9.17, 15) is 9.59 Å². The van der Waals surface area contributed by atoms with Gasteiger partial charge in [-0.25, -0.2) is 4.79 Å². The van der Waals surface area contributed by atoms with Crippen LogP contribution in [0.1, 0.15) is 13.3 Å². The molecule has 0 aromatic carbocycles. The highest BCUT2D eigenvalue weighted by molar-refractivity contribution is 5.89. The zero-order valence-corrected chi connectivity index (χ0v) is 8.93. The van der Waals surface area contributed by atoms with Crippen LogP contribution in [0.5, 0.6) is 0 Å². The van der Waals surface area contributed by atoms with Gasteiger partial charge in [-0.2, -0.15) is 0 Å². The van der Waals surface area contributed by atoms with E-state index in [1.54, 1.807) is 25.3 Å². The lowest BCUT2D eigenvalue weighted by atomic mass is 10.2. The van der Waals surface area contributed by atoms with Crippen LogP contribution >= 0.6 is 0 Å². The number of primary amides is 1. The van der Waals surface area contributed by atoms with Crippen molar-refractivity contribution in [3.63, 3.8) is 0 Å². The first kappa shape index (κ1) is 12.0. The van der Waals surface area contributed by atoms with Gasteiger partial charge in [0.2, 0.25) is 5.91 Å². The van der Waals surface area contributed by atoms with Gasteiger partial charge in [0.05, 0.1) is 11.9 Å². The third kappa shape index (κ3) is 4.41. The van der Waals surface area contributed by atoms with Crippen molar-refractivity contribution in [1.29, 1.82) is 0 Å². The first-order valence-electron chi connectivity index (χ1n) is 4.84. The molecule has 1 rings (SSSR count). The molecule has 0 saturated carbocycles. The number of nitrogens with one attached hydrogen (secondary N) is 2. The number of hydrogen-bond donors (Lipinski definition) is 3. The predicted octanol–water partition coefficient (Wildman–Crippen LogP) is 0.467. The summed E-state index contributed by atoms with van der Waals surface area (Å²) >= 11 is 0. The van der Waals surface area contributed by atoms with Gasteiger partial charge in [0.1, 0.15) is 0 Å². The van der Waals surface area contributed by atoms with Crippen LogP contribution in [0.4, 0.5) is 10.5 Å². The number of nitrogens with zero attached hydrogens (tertiary/aromatic N) is 1. The van der Waals surface area contributed by atoms with Crippen molar-refractivity contribution in [2.75, 3.05) is 5.32 Å². The summed E-state index contributed by atoms with van der Waals surface area (Å²) in [5, 5.41) is 5.16. The Bertz CT molecular complexity index is 366. The number of urea groups is 1. The van der Waals surface area contributed by atoms with Gasteiger partial charge < -0.3 is 16.4 Å². The molecule has 0 bridgehead atoms. The standard InChI is InChI=1S/C10H14N4O2/c1-7(5-9(11)15)13-10(16)14-8-3-2-4-12-6-8/h2-4,6-7H,5H2,1H3,(H2,11,15)(H2,13,14,16)/t7-/m0/s1. The van der Waals surface area contributed by atoms with E-state index in [1.165, 1.54) is 6.20 Å². The van der Waals surface area contributed by atoms with Crippen LogP contribution in [0.25, 0.3) is 0 Å². The highest BCUT2D eigenvalue weighted by Gasteiger charge is 2.09. The molecule has 1 heterocycles. The minimum Gasteiger partial charge on any atom is -0.370 e. The number of hydrogen-bond acceptors (Lipinski definition) is 3. The van der Waals surface area contributed by atoms with Gasteiger partial charge in [0.15, 0.2) is 0 Å². The highest BCUT2D eigenvalue weighted by atomic mass is 16.2. The molecule has 0 aliphatic carbocycles. The van der Waals surface area contributed by atoms with E-state index in [-0.39, 0.29) is 18.5 Å². The van der Waals surface area contributed by atoms with Gasteiger partial charge in [-0.05, 0) is 19.1 Å². The number of amides is 3. The predicted molar refractivity (Wildman–Crippen MR) is 59.7 cm³/mol. The molecular formula is C10H14N4O2. The van der Waals surface area contributed by atoms with Crippen molar-refractivity contribution in [2.45, 2.75) is 19.4 Å². The molecule has 0 aliphatic rings. The van der Waals surface area contributed by atoms with Crippen molar-refractivity contribution in [3.05, 3.63) is 24.5 Å². The van der Waals surface area contributed by atoms with Crippen molar-refractivity contribution in [2.24, 2.45) is 5.73 Å². The molecule has 1 aromatic heterocycles. The van der Waals surface area contributed by atoms with E-state index in [0.717, 1.165) is 0 Å². The number of nitrogens with two attached hydrogens (primary N) is 1. The van der Waals surface area contributed by atoms with E-state index in [1.807, 2.05) is 0 Å². The SMILES string of the molecule is C[C@@H](CC(N)=O)NC(=O)Nc1cccnc1. The smallest absolute Gasteiger partial charge is 0.319 e. The average molecular weight is 222 g/mol. The molecule has 86 valence electrons. The first-order chi connectivity index (χ1) is 7.58. The number of anilines is 1. The summed E-state index contributed by atoms with van der Waals surface area (Å²) in [5.74, 6) is -0.450. The van der Waals surface area contributed by atoms with Gasteiger partial charge in [-0.3, -0.25) is 9.78 Å². The van der Waals surface area contributed by atoms with Gasteiger partial charge in [0, 0.05) is 18.7 Å². The Labute approximate surface area is 93.2 Å². The summed E-state index contributed by atoms with van der Waals surface area (Å²) in [6.07, 6.45) is 3.25. The molecule has 0 unspecified atom stereocenters.